The van der Waals surface area contributed by atoms with Crippen LogP contribution in [0.2, 0.25) is 0 Å². The lowest BCUT2D eigenvalue weighted by Crippen LogP contribution is -2.38. The molecule has 16 heavy (non-hydrogen) atoms. The molecule has 1 saturated heterocycles. The van der Waals surface area contributed by atoms with E-state index in [1.54, 1.807) is 6.20 Å². The molecule has 0 aliphatic carbocycles. The second kappa shape index (κ2) is 4.42. The quantitative estimate of drug-likeness (QED) is 0.830. The molecule has 1 aliphatic rings. The van der Waals surface area contributed by atoms with Gasteiger partial charge in [0.1, 0.15) is 5.82 Å². The molecule has 0 radical (unpaired) electrons. The van der Waals surface area contributed by atoms with Crippen LogP contribution in [-0.4, -0.2) is 23.2 Å². The van der Waals surface area contributed by atoms with Crippen LogP contribution in [0.3, 0.4) is 0 Å². The predicted molar refractivity (Wildman–Crippen MR) is 65.4 cm³/mol. The first-order chi connectivity index (χ1) is 7.62. The lowest BCUT2D eigenvalue weighted by atomic mass is 9.82. The molecule has 0 aromatic carbocycles. The average Bonchev–Trinajstić information content (AvgIpc) is 2.29. The van der Waals surface area contributed by atoms with Crippen LogP contribution in [0.1, 0.15) is 32.3 Å². The number of aromatic nitrogens is 1. The number of pyridine rings is 1. The van der Waals surface area contributed by atoms with E-state index < -0.39 is 0 Å². The van der Waals surface area contributed by atoms with E-state index in [2.05, 4.69) is 23.7 Å². The number of hydrogen-bond acceptors (Lipinski definition) is 3. The molecule has 1 fully saturated rings. The molecule has 0 bridgehead atoms. The topological polar surface area (TPSA) is 36.4 Å². The van der Waals surface area contributed by atoms with Gasteiger partial charge in [-0.1, -0.05) is 19.9 Å². The van der Waals surface area contributed by atoms with Crippen LogP contribution in [0.4, 0.5) is 5.82 Å². The monoisotopic (exact) mass is 220 g/mol. The van der Waals surface area contributed by atoms with E-state index >= 15 is 0 Å². The largest absolute Gasteiger partial charge is 0.392 e. The number of nitrogens with zero attached hydrogens (tertiary/aromatic N) is 2. The van der Waals surface area contributed by atoms with Crippen molar-refractivity contribution in [3.63, 3.8) is 0 Å². The molecule has 0 unspecified atom stereocenters. The maximum atomic E-state index is 9.29. The highest BCUT2D eigenvalue weighted by Crippen LogP contribution is 2.32. The van der Waals surface area contributed by atoms with Gasteiger partial charge in [-0.05, 0) is 24.3 Å². The van der Waals surface area contributed by atoms with Gasteiger partial charge in [-0.3, -0.25) is 0 Å². The Kier molecular flexibility index (Phi) is 3.15. The Hall–Kier alpha value is -1.09. The molecule has 0 saturated carbocycles. The van der Waals surface area contributed by atoms with Crippen molar-refractivity contribution < 1.29 is 5.11 Å². The fraction of sp³-hybridized carbons (Fsp3) is 0.615. The molecule has 1 aromatic rings. The second-order valence-corrected chi connectivity index (χ2v) is 5.30. The van der Waals surface area contributed by atoms with Gasteiger partial charge in [0.2, 0.25) is 0 Å². The van der Waals surface area contributed by atoms with Crippen LogP contribution in [-0.2, 0) is 6.61 Å². The Morgan fingerprint density at radius 1 is 1.38 bits per heavy atom. The van der Waals surface area contributed by atoms with Crippen molar-refractivity contribution in [2.24, 2.45) is 5.41 Å². The highest BCUT2D eigenvalue weighted by atomic mass is 16.3. The lowest BCUT2D eigenvalue weighted by molar-refractivity contribution is 0.271. The summed E-state index contributed by atoms with van der Waals surface area (Å²) in [6.07, 6.45) is 4.18. The zero-order valence-corrected chi connectivity index (χ0v) is 10.1. The molecule has 2 heterocycles. The van der Waals surface area contributed by atoms with Gasteiger partial charge in [0, 0.05) is 24.8 Å². The number of aliphatic hydroxyl groups is 1. The van der Waals surface area contributed by atoms with Crippen molar-refractivity contribution in [1.29, 1.82) is 0 Å². The standard InChI is InChI=1S/C13H20N2O/c1-13(2)5-8-15(9-6-13)12-11(10-16)4-3-7-14-12/h3-4,7,16H,5-6,8-10H2,1-2H3. The number of anilines is 1. The van der Waals surface area contributed by atoms with Crippen LogP contribution in [0.5, 0.6) is 0 Å². The van der Waals surface area contributed by atoms with Gasteiger partial charge >= 0.3 is 0 Å². The number of rotatable bonds is 2. The van der Waals surface area contributed by atoms with E-state index in [4.69, 9.17) is 0 Å². The molecule has 0 atom stereocenters. The molecular weight excluding hydrogens is 200 g/mol. The summed E-state index contributed by atoms with van der Waals surface area (Å²) in [5.41, 5.74) is 1.38. The van der Waals surface area contributed by atoms with Gasteiger partial charge in [-0.25, -0.2) is 4.98 Å². The zero-order chi connectivity index (χ0) is 11.6. The van der Waals surface area contributed by atoms with Crippen LogP contribution in [0.25, 0.3) is 0 Å². The van der Waals surface area contributed by atoms with Crippen molar-refractivity contribution in [2.45, 2.75) is 33.3 Å². The Bertz CT molecular complexity index is 353. The van der Waals surface area contributed by atoms with E-state index in [-0.39, 0.29) is 6.61 Å². The van der Waals surface area contributed by atoms with E-state index in [0.717, 1.165) is 24.5 Å². The highest BCUT2D eigenvalue weighted by Gasteiger charge is 2.26. The molecule has 0 amide bonds. The fourth-order valence-electron chi connectivity index (χ4n) is 2.16. The molecule has 0 spiro atoms. The summed E-state index contributed by atoms with van der Waals surface area (Å²) < 4.78 is 0. The van der Waals surface area contributed by atoms with Crippen LogP contribution in [0, 0.1) is 5.41 Å². The van der Waals surface area contributed by atoms with Gasteiger partial charge in [0.05, 0.1) is 6.61 Å². The van der Waals surface area contributed by atoms with Crippen molar-refractivity contribution >= 4 is 5.82 Å². The fourth-order valence-corrected chi connectivity index (χ4v) is 2.16. The molecule has 3 heteroatoms. The number of hydrogen-bond donors (Lipinski definition) is 1. The van der Waals surface area contributed by atoms with Crippen LogP contribution in [0.15, 0.2) is 18.3 Å². The number of piperidine rings is 1. The van der Waals surface area contributed by atoms with E-state index in [9.17, 15) is 5.11 Å². The number of aliphatic hydroxyl groups excluding tert-OH is 1. The Morgan fingerprint density at radius 3 is 2.69 bits per heavy atom. The summed E-state index contributed by atoms with van der Waals surface area (Å²) in [7, 11) is 0. The molecular formula is C13H20N2O. The maximum Gasteiger partial charge on any atom is 0.134 e. The molecule has 1 aliphatic heterocycles. The molecule has 1 aromatic heterocycles. The summed E-state index contributed by atoms with van der Waals surface area (Å²) in [5, 5.41) is 9.29. The highest BCUT2D eigenvalue weighted by molar-refractivity contribution is 5.46. The first kappa shape index (κ1) is 11.4. The minimum absolute atomic E-state index is 0.0725. The molecule has 1 N–H and O–H groups in total. The van der Waals surface area contributed by atoms with Gasteiger partial charge < -0.3 is 10.0 Å². The predicted octanol–water partition coefficient (Wildman–Crippen LogP) is 2.20. The Morgan fingerprint density at radius 2 is 2.06 bits per heavy atom. The minimum Gasteiger partial charge on any atom is -0.392 e. The minimum atomic E-state index is 0.0725. The van der Waals surface area contributed by atoms with Crippen molar-refractivity contribution in [3.8, 4) is 0 Å². The van der Waals surface area contributed by atoms with E-state index in [1.165, 1.54) is 12.8 Å². The maximum absolute atomic E-state index is 9.29. The Balaban J connectivity index is 2.14. The van der Waals surface area contributed by atoms with Gasteiger partial charge in [0.25, 0.3) is 0 Å². The summed E-state index contributed by atoms with van der Waals surface area (Å²) >= 11 is 0. The smallest absolute Gasteiger partial charge is 0.134 e. The molecule has 2 rings (SSSR count). The van der Waals surface area contributed by atoms with Crippen molar-refractivity contribution in [2.75, 3.05) is 18.0 Å². The van der Waals surface area contributed by atoms with Gasteiger partial charge in [-0.2, -0.15) is 0 Å². The first-order valence-corrected chi connectivity index (χ1v) is 5.92. The Labute approximate surface area is 97.1 Å². The van der Waals surface area contributed by atoms with Gasteiger partial charge in [0.15, 0.2) is 0 Å². The van der Waals surface area contributed by atoms with Crippen LogP contribution < -0.4 is 4.90 Å². The molecule has 3 nitrogen and oxygen atoms in total. The van der Waals surface area contributed by atoms with Gasteiger partial charge in [-0.15, -0.1) is 0 Å². The zero-order valence-electron chi connectivity index (χ0n) is 10.1. The lowest BCUT2D eigenvalue weighted by Gasteiger charge is -2.38. The van der Waals surface area contributed by atoms with Crippen molar-refractivity contribution in [3.05, 3.63) is 23.9 Å². The average molecular weight is 220 g/mol. The summed E-state index contributed by atoms with van der Waals surface area (Å²) in [6, 6.07) is 3.82. The second-order valence-electron chi connectivity index (χ2n) is 5.30. The summed E-state index contributed by atoms with van der Waals surface area (Å²) in [4.78, 5) is 6.68. The normalized spacial score (nSPS) is 19.8. The van der Waals surface area contributed by atoms with Crippen LogP contribution >= 0.6 is 0 Å². The van der Waals surface area contributed by atoms with E-state index in [0.29, 0.717) is 5.41 Å². The van der Waals surface area contributed by atoms with E-state index in [1.807, 2.05) is 12.1 Å². The third-order valence-corrected chi connectivity index (χ3v) is 3.45. The third-order valence-electron chi connectivity index (χ3n) is 3.45. The SMILES string of the molecule is CC1(C)CCN(c2ncccc2CO)CC1. The third kappa shape index (κ3) is 2.35. The van der Waals surface area contributed by atoms with Crippen molar-refractivity contribution in [1.82, 2.24) is 4.98 Å². The molecule has 88 valence electrons. The summed E-state index contributed by atoms with van der Waals surface area (Å²) in [6.45, 7) is 6.78. The summed E-state index contributed by atoms with van der Waals surface area (Å²) in [5.74, 6) is 0.959. The first-order valence-electron chi connectivity index (χ1n) is 5.92.